The van der Waals surface area contributed by atoms with E-state index in [2.05, 4.69) is 0 Å². The van der Waals surface area contributed by atoms with Gasteiger partial charge in [0.05, 0.1) is 42.2 Å². The van der Waals surface area contributed by atoms with E-state index in [1.165, 1.54) is 35.5 Å². The zero-order valence-electron chi connectivity index (χ0n) is 18.7. The maximum Gasteiger partial charge on any atom is 0.203 e. The van der Waals surface area contributed by atoms with Crippen molar-refractivity contribution >= 4 is 6.08 Å². The van der Waals surface area contributed by atoms with Gasteiger partial charge >= 0.3 is 0 Å². The van der Waals surface area contributed by atoms with Gasteiger partial charge in [-0.25, -0.2) is 0 Å². The van der Waals surface area contributed by atoms with Crippen LogP contribution >= 0.6 is 0 Å². The van der Waals surface area contributed by atoms with E-state index in [1.54, 1.807) is 43.3 Å². The standard InChI is InChI=1S/C23H30O8/c1-14(21(25)16-12-19(28-4)22(30-6)20(13-16)29-5)31-23-17(26-2)10-15(8-7-9-24)11-18(23)27-3/h7-8,10-14,21,24-25H,9H2,1-6H3/b8-7+/t14-,21+/m1/s1. The molecule has 2 aromatic carbocycles. The summed E-state index contributed by atoms with van der Waals surface area (Å²) in [5.74, 6) is 2.51. The maximum absolute atomic E-state index is 11.0. The van der Waals surface area contributed by atoms with Gasteiger partial charge in [0.1, 0.15) is 12.2 Å². The minimum Gasteiger partial charge on any atom is -0.493 e. The van der Waals surface area contributed by atoms with E-state index >= 15 is 0 Å². The first kappa shape index (κ1) is 24.2. The van der Waals surface area contributed by atoms with Crippen LogP contribution in [0.4, 0.5) is 0 Å². The Morgan fingerprint density at radius 2 is 1.26 bits per heavy atom. The first-order chi connectivity index (χ1) is 14.9. The number of ether oxygens (including phenoxy) is 6. The van der Waals surface area contributed by atoms with Crippen LogP contribution in [0.2, 0.25) is 0 Å². The summed E-state index contributed by atoms with van der Waals surface area (Å²) in [5.41, 5.74) is 1.30. The zero-order valence-corrected chi connectivity index (χ0v) is 18.7. The molecule has 0 bridgehead atoms. The largest absolute Gasteiger partial charge is 0.493 e. The summed E-state index contributed by atoms with van der Waals surface area (Å²) in [7, 11) is 7.56. The third-order valence-electron chi connectivity index (χ3n) is 4.68. The van der Waals surface area contributed by atoms with E-state index in [-0.39, 0.29) is 6.61 Å². The highest BCUT2D eigenvalue weighted by Gasteiger charge is 2.25. The summed E-state index contributed by atoms with van der Waals surface area (Å²) in [6, 6.07) is 6.84. The van der Waals surface area contributed by atoms with Crippen molar-refractivity contribution in [3.8, 4) is 34.5 Å². The Bertz CT molecular complexity index is 843. The van der Waals surface area contributed by atoms with Crippen LogP contribution in [0.15, 0.2) is 30.3 Å². The van der Waals surface area contributed by atoms with E-state index in [1.807, 2.05) is 0 Å². The molecule has 8 nitrogen and oxygen atoms in total. The van der Waals surface area contributed by atoms with Crippen molar-refractivity contribution in [2.45, 2.75) is 19.1 Å². The smallest absolute Gasteiger partial charge is 0.203 e. The highest BCUT2D eigenvalue weighted by atomic mass is 16.6. The van der Waals surface area contributed by atoms with Gasteiger partial charge in [-0.3, -0.25) is 0 Å². The van der Waals surface area contributed by atoms with Crippen molar-refractivity contribution in [1.82, 2.24) is 0 Å². The molecule has 0 saturated heterocycles. The SMILES string of the molecule is COc1cc([C@@H](O)[C@@H](C)Oc2c(OC)cc(/C=C/CO)cc2OC)cc(OC)c1OC. The van der Waals surface area contributed by atoms with Crippen LogP contribution in [-0.2, 0) is 0 Å². The van der Waals surface area contributed by atoms with Gasteiger partial charge in [0.25, 0.3) is 0 Å². The minimum atomic E-state index is -1.02. The molecule has 2 rings (SSSR count). The Morgan fingerprint density at radius 1 is 0.774 bits per heavy atom. The molecule has 0 radical (unpaired) electrons. The molecule has 0 aliphatic heterocycles. The molecule has 0 saturated carbocycles. The summed E-state index contributed by atoms with van der Waals surface area (Å²) >= 11 is 0. The molecule has 0 heterocycles. The average Bonchev–Trinajstić information content (AvgIpc) is 2.81. The highest BCUT2D eigenvalue weighted by molar-refractivity contribution is 5.62. The Hall–Kier alpha value is -3.10. The molecule has 0 unspecified atom stereocenters. The first-order valence-corrected chi connectivity index (χ1v) is 9.62. The molecule has 2 N–H and O–H groups in total. The molecule has 2 aromatic rings. The highest BCUT2D eigenvalue weighted by Crippen LogP contribution is 2.43. The van der Waals surface area contributed by atoms with Crippen molar-refractivity contribution in [2.75, 3.05) is 42.2 Å². The molecule has 31 heavy (non-hydrogen) atoms. The monoisotopic (exact) mass is 434 g/mol. The summed E-state index contributed by atoms with van der Waals surface area (Å²) in [6.07, 6.45) is 1.65. The predicted molar refractivity (Wildman–Crippen MR) is 117 cm³/mol. The summed E-state index contributed by atoms with van der Waals surface area (Å²) in [6.45, 7) is 1.65. The number of benzene rings is 2. The fraction of sp³-hybridized carbons (Fsp3) is 0.391. The van der Waals surface area contributed by atoms with Crippen LogP contribution < -0.4 is 28.4 Å². The Kier molecular flexibility index (Phi) is 8.84. The molecule has 2 atom stereocenters. The third-order valence-corrected chi connectivity index (χ3v) is 4.68. The normalized spacial score (nSPS) is 12.9. The molecule has 0 aromatic heterocycles. The number of hydrogen-bond acceptors (Lipinski definition) is 8. The van der Waals surface area contributed by atoms with E-state index in [0.29, 0.717) is 40.1 Å². The number of aliphatic hydroxyl groups excluding tert-OH is 2. The lowest BCUT2D eigenvalue weighted by Crippen LogP contribution is -2.22. The van der Waals surface area contributed by atoms with Gasteiger partial charge in [0, 0.05) is 0 Å². The molecule has 8 heteroatoms. The summed E-state index contributed by atoms with van der Waals surface area (Å²) in [4.78, 5) is 0. The van der Waals surface area contributed by atoms with Gasteiger partial charge in [0.2, 0.25) is 11.5 Å². The second kappa shape index (κ2) is 11.3. The summed E-state index contributed by atoms with van der Waals surface area (Å²) in [5, 5.41) is 20.0. The second-order valence-corrected chi connectivity index (χ2v) is 6.57. The van der Waals surface area contributed by atoms with Gasteiger partial charge in [-0.15, -0.1) is 0 Å². The molecular formula is C23H30O8. The fourth-order valence-corrected chi connectivity index (χ4v) is 3.09. The van der Waals surface area contributed by atoms with Crippen LogP contribution in [0.5, 0.6) is 34.5 Å². The molecule has 0 amide bonds. The fourth-order valence-electron chi connectivity index (χ4n) is 3.09. The number of aliphatic hydroxyl groups is 2. The molecular weight excluding hydrogens is 404 g/mol. The van der Waals surface area contributed by atoms with Crippen molar-refractivity contribution in [3.05, 3.63) is 41.5 Å². The molecule has 0 fully saturated rings. The lowest BCUT2D eigenvalue weighted by molar-refractivity contribution is 0.0431. The average molecular weight is 434 g/mol. The quantitative estimate of drug-likeness (QED) is 0.557. The van der Waals surface area contributed by atoms with Crippen LogP contribution in [-0.4, -0.2) is 58.5 Å². The van der Waals surface area contributed by atoms with Gasteiger partial charge in [-0.05, 0) is 42.3 Å². The van der Waals surface area contributed by atoms with Gasteiger partial charge in [-0.2, -0.15) is 0 Å². The van der Waals surface area contributed by atoms with Crippen molar-refractivity contribution in [2.24, 2.45) is 0 Å². The number of hydrogen-bond donors (Lipinski definition) is 2. The molecule has 0 aliphatic rings. The maximum atomic E-state index is 11.0. The predicted octanol–water partition coefficient (Wildman–Crippen LogP) is 3.24. The molecule has 0 aliphatic carbocycles. The van der Waals surface area contributed by atoms with E-state index in [9.17, 15) is 5.11 Å². The van der Waals surface area contributed by atoms with Gasteiger partial charge in [-0.1, -0.05) is 12.2 Å². The number of methoxy groups -OCH3 is 5. The Balaban J connectivity index is 2.38. The topological polar surface area (TPSA) is 95.8 Å². The van der Waals surface area contributed by atoms with Crippen molar-refractivity contribution in [3.63, 3.8) is 0 Å². The van der Waals surface area contributed by atoms with Crippen molar-refractivity contribution < 1.29 is 38.6 Å². The molecule has 0 spiro atoms. The summed E-state index contributed by atoms with van der Waals surface area (Å²) < 4.78 is 33.0. The lowest BCUT2D eigenvalue weighted by Gasteiger charge is -2.24. The van der Waals surface area contributed by atoms with E-state index in [4.69, 9.17) is 33.5 Å². The van der Waals surface area contributed by atoms with Crippen molar-refractivity contribution in [1.29, 1.82) is 0 Å². The van der Waals surface area contributed by atoms with Crippen LogP contribution in [0, 0.1) is 0 Å². The lowest BCUT2D eigenvalue weighted by atomic mass is 10.0. The van der Waals surface area contributed by atoms with E-state index in [0.717, 1.165) is 5.56 Å². The second-order valence-electron chi connectivity index (χ2n) is 6.57. The zero-order chi connectivity index (χ0) is 23.0. The van der Waals surface area contributed by atoms with Crippen LogP contribution in [0.1, 0.15) is 24.2 Å². The Labute approximate surface area is 182 Å². The van der Waals surface area contributed by atoms with E-state index < -0.39 is 12.2 Å². The molecule has 170 valence electrons. The third kappa shape index (κ3) is 5.53. The minimum absolute atomic E-state index is 0.0824. The van der Waals surface area contributed by atoms with Crippen LogP contribution in [0.3, 0.4) is 0 Å². The first-order valence-electron chi connectivity index (χ1n) is 9.62. The Morgan fingerprint density at radius 3 is 1.68 bits per heavy atom. The van der Waals surface area contributed by atoms with Gasteiger partial charge < -0.3 is 38.6 Å². The van der Waals surface area contributed by atoms with Crippen LogP contribution in [0.25, 0.3) is 6.08 Å². The number of rotatable bonds is 11. The van der Waals surface area contributed by atoms with Gasteiger partial charge in [0.15, 0.2) is 23.0 Å².